The molecule has 0 unspecified atom stereocenters. The smallest absolute Gasteiger partial charge is 0.220 e. The van der Waals surface area contributed by atoms with E-state index in [-0.39, 0.29) is 24.1 Å². The fourth-order valence-corrected chi connectivity index (χ4v) is 7.57. The molecule has 3 aliphatic carbocycles. The topological polar surface area (TPSA) is 74.9 Å². The van der Waals surface area contributed by atoms with Gasteiger partial charge in [-0.15, -0.1) is 0 Å². The second kappa shape index (κ2) is 7.09. The van der Waals surface area contributed by atoms with Gasteiger partial charge in [0.15, 0.2) is 0 Å². The molecule has 1 amide bonds. The van der Waals surface area contributed by atoms with Crippen molar-refractivity contribution >= 4 is 5.91 Å². The van der Waals surface area contributed by atoms with Gasteiger partial charge in [0.05, 0.1) is 23.3 Å². The van der Waals surface area contributed by atoms with Crippen LogP contribution in [0.2, 0.25) is 0 Å². The number of piperidine rings is 1. The fourth-order valence-electron chi connectivity index (χ4n) is 7.57. The molecule has 0 radical (unpaired) electrons. The van der Waals surface area contributed by atoms with Crippen LogP contribution in [0.3, 0.4) is 0 Å². The summed E-state index contributed by atoms with van der Waals surface area (Å²) in [7, 11) is 0. The number of likely N-dealkylation sites (tertiary alicyclic amines) is 1. The Balaban J connectivity index is 1.20. The van der Waals surface area contributed by atoms with Crippen molar-refractivity contribution in [3.63, 3.8) is 0 Å². The number of nitrogens with zero attached hydrogens (tertiary/aromatic N) is 1. The van der Waals surface area contributed by atoms with E-state index >= 15 is 0 Å². The largest absolute Gasteiger partial charge is 0.487 e. The minimum Gasteiger partial charge on any atom is -0.487 e. The maximum atomic E-state index is 12.9. The van der Waals surface area contributed by atoms with Crippen LogP contribution in [0.25, 0.3) is 0 Å². The molecule has 1 aromatic carbocycles. The summed E-state index contributed by atoms with van der Waals surface area (Å²) in [5.74, 6) is 2.57. The highest BCUT2D eigenvalue weighted by Crippen LogP contribution is 2.64. The Kier molecular flexibility index (Phi) is 4.32. The minimum atomic E-state index is -0.806. The Morgan fingerprint density at radius 1 is 1.18 bits per heavy atom. The third-order valence-corrected chi connectivity index (χ3v) is 9.19. The average Bonchev–Trinajstić information content (AvgIpc) is 3.33. The van der Waals surface area contributed by atoms with Crippen molar-refractivity contribution in [2.75, 3.05) is 13.1 Å². The normalized spacial score (nSPS) is 36.2. The number of amides is 1. The highest BCUT2D eigenvalue weighted by Gasteiger charge is 2.72. The molecule has 2 N–H and O–H groups in total. The lowest BCUT2D eigenvalue weighted by atomic mass is 9.48. The van der Waals surface area contributed by atoms with Crippen molar-refractivity contribution in [2.24, 2.45) is 5.92 Å². The summed E-state index contributed by atoms with van der Waals surface area (Å²) in [6.45, 7) is 2.10. The first-order chi connectivity index (χ1) is 16.1. The summed E-state index contributed by atoms with van der Waals surface area (Å²) in [5, 5.41) is 15.7. The van der Waals surface area contributed by atoms with Crippen molar-refractivity contribution in [2.45, 2.75) is 80.6 Å². The van der Waals surface area contributed by atoms with Gasteiger partial charge in [-0.25, -0.2) is 0 Å². The lowest BCUT2D eigenvalue weighted by Crippen LogP contribution is -2.78. The van der Waals surface area contributed by atoms with Crippen LogP contribution in [0.5, 0.6) is 5.75 Å². The van der Waals surface area contributed by atoms with Gasteiger partial charge >= 0.3 is 0 Å². The molecule has 33 heavy (non-hydrogen) atoms. The number of aryl methyl sites for hydroxylation is 1. The molecular weight excluding hydrogens is 416 g/mol. The molecule has 174 valence electrons. The predicted molar refractivity (Wildman–Crippen MR) is 122 cm³/mol. The molecule has 3 heterocycles. The molecule has 2 aliphatic heterocycles. The lowest BCUT2D eigenvalue weighted by molar-refractivity contribution is -0.192. The number of benzene rings is 1. The van der Waals surface area contributed by atoms with E-state index in [9.17, 15) is 9.90 Å². The van der Waals surface area contributed by atoms with Gasteiger partial charge in [0.25, 0.3) is 0 Å². The van der Waals surface area contributed by atoms with E-state index < -0.39 is 11.0 Å². The summed E-state index contributed by atoms with van der Waals surface area (Å²) >= 11 is 0. The van der Waals surface area contributed by atoms with Crippen LogP contribution in [0, 0.1) is 5.92 Å². The van der Waals surface area contributed by atoms with Crippen LogP contribution in [0.1, 0.15) is 55.4 Å². The summed E-state index contributed by atoms with van der Waals surface area (Å²) in [4.78, 5) is 15.5. The number of hydrogen-bond acceptors (Lipinski definition) is 5. The zero-order chi connectivity index (χ0) is 22.2. The average molecular weight is 449 g/mol. The molecule has 1 aromatic heterocycles. The van der Waals surface area contributed by atoms with Crippen LogP contribution in [-0.2, 0) is 23.1 Å². The maximum absolute atomic E-state index is 12.9. The van der Waals surface area contributed by atoms with Gasteiger partial charge in [-0.1, -0.05) is 12.1 Å². The second-order valence-electron chi connectivity index (χ2n) is 10.9. The third-order valence-electron chi connectivity index (χ3n) is 9.19. The molecule has 2 saturated carbocycles. The minimum absolute atomic E-state index is 0.0246. The second-order valence-corrected chi connectivity index (χ2v) is 10.9. The molecule has 6 nitrogen and oxygen atoms in total. The fraction of sp³-hybridized carbons (Fsp3) is 0.593. The van der Waals surface area contributed by atoms with Crippen molar-refractivity contribution in [3.8, 4) is 5.75 Å². The van der Waals surface area contributed by atoms with E-state index in [1.807, 2.05) is 12.1 Å². The Labute approximate surface area is 194 Å². The van der Waals surface area contributed by atoms with Gasteiger partial charge in [0.1, 0.15) is 17.6 Å². The van der Waals surface area contributed by atoms with E-state index in [4.69, 9.17) is 9.15 Å². The van der Waals surface area contributed by atoms with Crippen molar-refractivity contribution in [1.82, 2.24) is 10.2 Å². The van der Waals surface area contributed by atoms with E-state index in [0.29, 0.717) is 19.3 Å². The van der Waals surface area contributed by atoms with Crippen molar-refractivity contribution in [1.29, 1.82) is 0 Å². The SMILES string of the molecule is O=C(CCc1ccco1)N[C@H]1CC[C@@]2(O)[C@H]3Cc4cccc5c4[C@@]2(CCN3CC2CC2)[C@H]1O5. The van der Waals surface area contributed by atoms with Crippen LogP contribution >= 0.6 is 0 Å². The van der Waals surface area contributed by atoms with E-state index in [0.717, 1.165) is 49.8 Å². The number of rotatable bonds is 6. The molecule has 1 spiro atoms. The summed E-state index contributed by atoms with van der Waals surface area (Å²) in [6, 6.07) is 10.2. The van der Waals surface area contributed by atoms with Gasteiger partial charge in [-0.05, 0) is 74.8 Å². The van der Waals surface area contributed by atoms with Gasteiger partial charge in [0.2, 0.25) is 5.91 Å². The Morgan fingerprint density at radius 2 is 2.09 bits per heavy atom. The number of aliphatic hydroxyl groups is 1. The predicted octanol–water partition coefficient (Wildman–Crippen LogP) is 2.96. The molecule has 7 rings (SSSR count). The monoisotopic (exact) mass is 448 g/mol. The van der Waals surface area contributed by atoms with Gasteiger partial charge in [0, 0.05) is 31.0 Å². The molecule has 3 fully saturated rings. The zero-order valence-corrected chi connectivity index (χ0v) is 19.0. The zero-order valence-electron chi connectivity index (χ0n) is 19.0. The number of ether oxygens (including phenoxy) is 1. The molecular formula is C27H32N2O4. The first-order valence-corrected chi connectivity index (χ1v) is 12.7. The standard InChI is InChI=1S/C27H32N2O4/c30-23(9-8-19-4-2-14-32-19)28-20-10-11-27(31)22-15-18-3-1-5-21-24(18)26(27,25(20)33-21)12-13-29(22)16-17-6-7-17/h1-5,14,17,20,22,25,31H,6-13,15-16H2,(H,28,30)/t20-,22+,25-,26-,27+/m0/s1. The van der Waals surface area contributed by atoms with E-state index in [2.05, 4.69) is 28.4 Å². The molecule has 5 atom stereocenters. The Bertz CT molecular complexity index is 1080. The Morgan fingerprint density at radius 3 is 2.91 bits per heavy atom. The Hall–Kier alpha value is -2.31. The van der Waals surface area contributed by atoms with Crippen molar-refractivity contribution in [3.05, 3.63) is 53.5 Å². The number of carbonyl (C=O) groups excluding carboxylic acids is 1. The number of nitrogens with one attached hydrogen (secondary N) is 1. The number of carbonyl (C=O) groups is 1. The molecule has 1 saturated heterocycles. The van der Waals surface area contributed by atoms with Crippen LogP contribution in [0.15, 0.2) is 41.0 Å². The van der Waals surface area contributed by atoms with Gasteiger partial charge < -0.3 is 19.6 Å². The van der Waals surface area contributed by atoms with Crippen LogP contribution in [0.4, 0.5) is 0 Å². The summed E-state index contributed by atoms with van der Waals surface area (Å²) < 4.78 is 12.0. The van der Waals surface area contributed by atoms with Crippen LogP contribution < -0.4 is 10.1 Å². The third kappa shape index (κ3) is 2.83. The summed E-state index contributed by atoms with van der Waals surface area (Å²) in [6.07, 6.45) is 8.29. The molecule has 2 bridgehead atoms. The van der Waals surface area contributed by atoms with Gasteiger partial charge in [-0.3, -0.25) is 9.69 Å². The number of hydrogen-bond donors (Lipinski definition) is 2. The van der Waals surface area contributed by atoms with Gasteiger partial charge in [-0.2, -0.15) is 0 Å². The highest BCUT2D eigenvalue weighted by atomic mass is 16.5. The van der Waals surface area contributed by atoms with E-state index in [1.165, 1.54) is 24.0 Å². The highest BCUT2D eigenvalue weighted by molar-refractivity contribution is 5.76. The number of furan rings is 1. The van der Waals surface area contributed by atoms with Crippen molar-refractivity contribution < 1.29 is 19.1 Å². The maximum Gasteiger partial charge on any atom is 0.220 e. The first-order valence-electron chi connectivity index (χ1n) is 12.7. The lowest BCUT2D eigenvalue weighted by Gasteiger charge is -2.64. The molecule has 2 aromatic rings. The van der Waals surface area contributed by atoms with Crippen LogP contribution in [-0.4, -0.2) is 52.8 Å². The molecule has 6 heteroatoms. The summed E-state index contributed by atoms with van der Waals surface area (Å²) in [5.41, 5.74) is 1.32. The van der Waals surface area contributed by atoms with E-state index in [1.54, 1.807) is 6.26 Å². The quantitative estimate of drug-likeness (QED) is 0.711. The first kappa shape index (κ1) is 20.1. The molecule has 5 aliphatic rings.